The average molecular weight is 768 g/mol. The maximum atomic E-state index is 15.6. The summed E-state index contributed by atoms with van der Waals surface area (Å²) in [6, 6.07) is 24.5. The van der Waals surface area contributed by atoms with Gasteiger partial charge in [-0.3, -0.25) is 0 Å². The Balaban J connectivity index is 0.000000192. The van der Waals surface area contributed by atoms with Gasteiger partial charge in [0.1, 0.15) is 11.4 Å². The van der Waals surface area contributed by atoms with Gasteiger partial charge in [-0.25, -0.2) is 14.3 Å². The fourth-order valence-electron chi connectivity index (χ4n) is 5.48. The molecule has 0 bridgehead atoms. The number of carbonyl (C=O) groups is 2. The topological polar surface area (TPSA) is 156 Å². The van der Waals surface area contributed by atoms with Crippen molar-refractivity contribution in [2.24, 2.45) is 0 Å². The number of alkyl halides is 4. The van der Waals surface area contributed by atoms with Crippen molar-refractivity contribution in [2.45, 2.75) is 18.4 Å². The number of rotatable bonds is 9. The highest BCUT2D eigenvalue weighted by atomic mass is 35.5. The number of aromatic carboxylic acids is 2. The number of H-pyrrole nitrogens is 1. The van der Waals surface area contributed by atoms with Gasteiger partial charge >= 0.3 is 23.8 Å². The van der Waals surface area contributed by atoms with E-state index in [9.17, 15) is 23.5 Å². The van der Waals surface area contributed by atoms with E-state index in [2.05, 4.69) is 20.5 Å². The Morgan fingerprint density at radius 1 is 0.717 bits per heavy atom. The van der Waals surface area contributed by atoms with Crippen LogP contribution in [-0.4, -0.2) is 59.7 Å². The highest BCUT2D eigenvalue weighted by molar-refractivity contribution is 6.31. The summed E-state index contributed by atoms with van der Waals surface area (Å²) < 4.78 is 66.3. The molecule has 5 aromatic carbocycles. The van der Waals surface area contributed by atoms with Gasteiger partial charge in [0.25, 0.3) is 0 Å². The van der Waals surface area contributed by atoms with Crippen LogP contribution < -0.4 is 4.74 Å². The van der Waals surface area contributed by atoms with E-state index in [0.717, 1.165) is 4.68 Å². The molecule has 17 heteroatoms. The number of aromatic amines is 1. The molecule has 3 N–H and O–H groups in total. The quantitative estimate of drug-likeness (QED) is 0.123. The highest BCUT2D eigenvalue weighted by Gasteiger charge is 2.44. The lowest BCUT2D eigenvalue weighted by atomic mass is 9.99. The second kappa shape index (κ2) is 14.5. The lowest BCUT2D eigenvalue weighted by molar-refractivity contribution is 0.0303. The van der Waals surface area contributed by atoms with Crippen LogP contribution in [0.4, 0.5) is 17.6 Å². The molecule has 0 atom stereocenters. The van der Waals surface area contributed by atoms with Crippen LogP contribution in [0.25, 0.3) is 21.5 Å². The Labute approximate surface area is 306 Å². The molecule has 2 heterocycles. The third-order valence-electron chi connectivity index (χ3n) is 8.10. The first-order valence-electron chi connectivity index (χ1n) is 15.3. The Bertz CT molecular complexity index is 2490. The summed E-state index contributed by atoms with van der Waals surface area (Å²) in [4.78, 5) is 22.6. The molecule has 0 saturated heterocycles. The first-order chi connectivity index (χ1) is 25.2. The van der Waals surface area contributed by atoms with Crippen molar-refractivity contribution < 1.29 is 42.1 Å². The summed E-state index contributed by atoms with van der Waals surface area (Å²) in [6.07, 6.45) is 0. The van der Waals surface area contributed by atoms with Crippen LogP contribution in [0, 0.1) is 0 Å². The Morgan fingerprint density at radius 2 is 1.23 bits per heavy atom. The number of methoxy groups -OCH3 is 1. The van der Waals surface area contributed by atoms with E-state index in [1.165, 1.54) is 43.5 Å². The first-order valence-corrected chi connectivity index (χ1v) is 16.0. The summed E-state index contributed by atoms with van der Waals surface area (Å²) in [5, 5.41) is 37.5. The molecule has 0 unspecified atom stereocenters. The number of benzene rings is 5. The fourth-order valence-corrected chi connectivity index (χ4v) is 5.84. The summed E-state index contributed by atoms with van der Waals surface area (Å²) in [7, 11) is 1.52. The Hall–Kier alpha value is -6.06. The monoisotopic (exact) mass is 766 g/mol. The minimum atomic E-state index is -3.66. The van der Waals surface area contributed by atoms with Crippen LogP contribution in [0.3, 0.4) is 0 Å². The van der Waals surface area contributed by atoms with E-state index in [1.807, 2.05) is 5.21 Å². The van der Waals surface area contributed by atoms with E-state index < -0.39 is 46.6 Å². The molecular weight excluding hydrogens is 743 g/mol. The van der Waals surface area contributed by atoms with Gasteiger partial charge in [0, 0.05) is 21.2 Å². The zero-order valence-electron chi connectivity index (χ0n) is 27.1. The highest BCUT2D eigenvalue weighted by Crippen LogP contribution is 2.39. The van der Waals surface area contributed by atoms with Gasteiger partial charge in [-0.1, -0.05) is 76.9 Å². The molecule has 53 heavy (non-hydrogen) atoms. The largest absolute Gasteiger partial charge is 0.497 e. The summed E-state index contributed by atoms with van der Waals surface area (Å²) in [5.74, 6) is -9.79. The van der Waals surface area contributed by atoms with Gasteiger partial charge in [0.2, 0.25) is 0 Å². The third kappa shape index (κ3) is 7.47. The van der Waals surface area contributed by atoms with E-state index in [0.29, 0.717) is 42.9 Å². The number of nitrogens with zero attached hydrogens (tertiary/aromatic N) is 5. The first kappa shape index (κ1) is 36.7. The number of fused-ring (bicyclic) bond motifs is 2. The second-order valence-corrected chi connectivity index (χ2v) is 12.4. The number of halogens is 6. The summed E-state index contributed by atoms with van der Waals surface area (Å²) in [5.41, 5.74) is -3.43. The summed E-state index contributed by atoms with van der Waals surface area (Å²) in [6.45, 7) is -0.0849. The van der Waals surface area contributed by atoms with E-state index in [-0.39, 0.29) is 17.7 Å². The fraction of sp³-hybridized carbons (Fsp3) is 0.111. The number of hydrogen-bond acceptors (Lipinski definition) is 7. The lowest BCUT2D eigenvalue weighted by Crippen LogP contribution is -2.24. The van der Waals surface area contributed by atoms with E-state index in [1.54, 1.807) is 60.7 Å². The number of nitrogens with one attached hydrogen (secondary N) is 1. The van der Waals surface area contributed by atoms with Crippen molar-refractivity contribution in [2.75, 3.05) is 7.11 Å². The smallest absolute Gasteiger partial charge is 0.358 e. The van der Waals surface area contributed by atoms with Gasteiger partial charge in [-0.05, 0) is 75.6 Å². The number of carboxylic acids is 2. The van der Waals surface area contributed by atoms with Crippen molar-refractivity contribution in [3.8, 4) is 5.75 Å². The lowest BCUT2D eigenvalue weighted by Gasteiger charge is -2.19. The Morgan fingerprint density at radius 3 is 1.75 bits per heavy atom. The molecule has 0 saturated carbocycles. The molecule has 0 radical (unpaired) electrons. The van der Waals surface area contributed by atoms with E-state index in [4.69, 9.17) is 33.0 Å². The van der Waals surface area contributed by atoms with Crippen LogP contribution in [0.15, 0.2) is 97.1 Å². The van der Waals surface area contributed by atoms with Gasteiger partial charge in [-0.2, -0.15) is 27.9 Å². The molecular formula is C36H24Cl2F4N6O5. The van der Waals surface area contributed by atoms with Crippen LogP contribution in [0.1, 0.15) is 49.1 Å². The molecule has 7 rings (SSSR count). The van der Waals surface area contributed by atoms with Crippen molar-refractivity contribution in [3.63, 3.8) is 0 Å². The number of hydrogen-bond donors (Lipinski definition) is 3. The third-order valence-corrected chi connectivity index (χ3v) is 8.57. The normalized spacial score (nSPS) is 11.7. The van der Waals surface area contributed by atoms with Crippen molar-refractivity contribution in [1.29, 1.82) is 0 Å². The van der Waals surface area contributed by atoms with Gasteiger partial charge in [0.05, 0.1) is 13.7 Å². The minimum absolute atomic E-state index is 0.0849. The molecule has 0 amide bonds. The predicted octanol–water partition coefficient (Wildman–Crippen LogP) is 8.43. The standard InChI is InChI=1S/C22H16ClF2N3O3.C14H8ClF2N3O2/c1-31-18-8-2-13(3-9-18)12-28-20(19(21(29)30)26-27-28)22(24,25)16-6-4-15-11-17(23)7-5-14(15)10-16;15-10-4-2-7-5-9(3-1-8(7)6-10)14(16,17)12-11(13(21)22)18-20-19-12/h2-11H,12H2,1H3,(H,29,30);1-6H,(H,21,22)(H,18,19,20). The van der Waals surface area contributed by atoms with Gasteiger partial charge in [0.15, 0.2) is 17.1 Å². The number of carboxylic acid groups (broad SMARTS) is 2. The van der Waals surface area contributed by atoms with Crippen molar-refractivity contribution >= 4 is 56.7 Å². The number of aromatic nitrogens is 6. The molecule has 0 aliphatic heterocycles. The van der Waals surface area contributed by atoms with Crippen LogP contribution in [0.2, 0.25) is 10.0 Å². The maximum absolute atomic E-state index is 15.6. The molecule has 270 valence electrons. The Kier molecular flexibility index (Phi) is 10.1. The van der Waals surface area contributed by atoms with Crippen molar-refractivity contribution in [1.82, 2.24) is 30.4 Å². The molecule has 0 fully saturated rings. The molecule has 0 aliphatic rings. The molecule has 11 nitrogen and oxygen atoms in total. The maximum Gasteiger partial charge on any atom is 0.358 e. The van der Waals surface area contributed by atoms with Crippen LogP contribution in [-0.2, 0) is 18.4 Å². The van der Waals surface area contributed by atoms with Crippen LogP contribution >= 0.6 is 23.2 Å². The summed E-state index contributed by atoms with van der Waals surface area (Å²) >= 11 is 11.8. The molecule has 0 spiro atoms. The van der Waals surface area contributed by atoms with Gasteiger partial charge in [-0.15, -0.1) is 10.2 Å². The molecule has 7 aromatic rings. The minimum Gasteiger partial charge on any atom is -0.497 e. The zero-order valence-corrected chi connectivity index (χ0v) is 28.6. The molecule has 2 aromatic heterocycles. The van der Waals surface area contributed by atoms with Gasteiger partial charge < -0.3 is 14.9 Å². The molecule has 0 aliphatic carbocycles. The zero-order chi connectivity index (χ0) is 38.1. The van der Waals surface area contributed by atoms with Crippen molar-refractivity contribution in [3.05, 3.63) is 147 Å². The predicted molar refractivity (Wildman–Crippen MR) is 186 cm³/mol. The average Bonchev–Trinajstić information content (AvgIpc) is 3.81. The second-order valence-electron chi connectivity index (χ2n) is 11.5. The SMILES string of the molecule is COc1ccc(Cn2nnc(C(=O)O)c2C(F)(F)c2ccc3cc(Cl)ccc3c2)cc1.O=C(O)c1n[nH]nc1C(F)(F)c1ccc2cc(Cl)ccc2c1. The van der Waals surface area contributed by atoms with E-state index >= 15 is 8.78 Å². The number of ether oxygens (including phenoxy) is 1. The van der Waals surface area contributed by atoms with Crippen LogP contribution in [0.5, 0.6) is 5.75 Å².